The van der Waals surface area contributed by atoms with Gasteiger partial charge in [-0.1, -0.05) is 0 Å². The number of hydrogen-bond donors (Lipinski definition) is 0. The van der Waals surface area contributed by atoms with Crippen molar-refractivity contribution >= 4 is 24.4 Å². The summed E-state index contributed by atoms with van der Waals surface area (Å²) in [5.41, 5.74) is -1.89. The molecule has 0 saturated carbocycles. The molecule has 0 aromatic carbocycles. The summed E-state index contributed by atoms with van der Waals surface area (Å²) < 4.78 is 33.0. The molecule has 4 atom stereocenters. The average Bonchev–Trinajstić information content (AvgIpc) is 2.69. The maximum Gasteiger partial charge on any atom is 0.420 e. The Morgan fingerprint density at radius 2 is 1.58 bits per heavy atom. The van der Waals surface area contributed by atoms with Crippen LogP contribution in [0.5, 0.6) is 0 Å². The summed E-state index contributed by atoms with van der Waals surface area (Å²) in [5.74, 6) is -0.903. The van der Waals surface area contributed by atoms with Crippen molar-refractivity contribution in [1.29, 1.82) is 0 Å². The molecule has 0 bridgehead atoms. The van der Waals surface area contributed by atoms with Gasteiger partial charge in [0, 0.05) is 6.61 Å². The van der Waals surface area contributed by atoms with Crippen LogP contribution < -0.4 is 0 Å². The molecule has 0 spiro atoms. The minimum atomic E-state index is -1.48. The van der Waals surface area contributed by atoms with Crippen molar-refractivity contribution in [3.63, 3.8) is 0 Å². The number of carbonyl (C=O) groups is 4. The molecule has 1 saturated heterocycles. The monoisotopic (exact) mass is 475 g/mol. The van der Waals surface area contributed by atoms with Gasteiger partial charge in [0.2, 0.25) is 0 Å². The van der Waals surface area contributed by atoms with E-state index in [0.717, 1.165) is 0 Å². The number of rotatable bonds is 6. The molecule has 0 aromatic rings. The van der Waals surface area contributed by atoms with E-state index < -0.39 is 60.3 Å². The van der Waals surface area contributed by atoms with Gasteiger partial charge in [-0.15, -0.1) is 0 Å². The van der Waals surface area contributed by atoms with Crippen LogP contribution in [0.2, 0.25) is 0 Å². The van der Waals surface area contributed by atoms with Crippen molar-refractivity contribution in [2.24, 2.45) is 0 Å². The molecule has 11 nitrogen and oxygen atoms in total. The summed E-state index contributed by atoms with van der Waals surface area (Å²) in [6.45, 7) is 12.7. The minimum absolute atomic E-state index is 0.0769. The Balaban J connectivity index is 3.29. The van der Waals surface area contributed by atoms with Crippen LogP contribution in [0.25, 0.3) is 0 Å². The van der Waals surface area contributed by atoms with Crippen LogP contribution in [0.15, 0.2) is 0 Å². The van der Waals surface area contributed by atoms with Crippen LogP contribution >= 0.6 is 0 Å². The number of esters is 1. The van der Waals surface area contributed by atoms with Gasteiger partial charge in [-0.05, 0) is 55.4 Å². The highest BCUT2D eigenvalue weighted by Crippen LogP contribution is 2.21. The molecule has 0 radical (unpaired) electrons. The van der Waals surface area contributed by atoms with Crippen molar-refractivity contribution in [3.8, 4) is 0 Å². The van der Waals surface area contributed by atoms with E-state index in [1.54, 1.807) is 55.4 Å². The Hall–Kier alpha value is -2.24. The number of aldehydes is 1. The summed E-state index contributed by atoms with van der Waals surface area (Å²) in [7, 11) is 0. The fourth-order valence-corrected chi connectivity index (χ4v) is 2.96. The Kier molecular flexibility index (Phi) is 10.7. The number of imide groups is 1. The lowest BCUT2D eigenvalue weighted by Gasteiger charge is -2.32. The summed E-state index contributed by atoms with van der Waals surface area (Å²) in [4.78, 5) is 50.3. The largest absolute Gasteiger partial charge is 0.458 e. The van der Waals surface area contributed by atoms with Gasteiger partial charge in [0.15, 0.2) is 6.04 Å². The van der Waals surface area contributed by atoms with Crippen LogP contribution in [0.1, 0.15) is 55.4 Å². The number of hydrogen-bond acceptors (Lipinski definition) is 10. The van der Waals surface area contributed by atoms with Gasteiger partial charge in [-0.2, -0.15) is 4.90 Å². The topological polar surface area (TPSA) is 127 Å². The van der Waals surface area contributed by atoms with Gasteiger partial charge in [0.05, 0.1) is 13.2 Å². The van der Waals surface area contributed by atoms with Gasteiger partial charge < -0.3 is 33.2 Å². The van der Waals surface area contributed by atoms with E-state index >= 15 is 0 Å². The molecule has 33 heavy (non-hydrogen) atoms. The smallest absolute Gasteiger partial charge is 0.420 e. The van der Waals surface area contributed by atoms with Crippen molar-refractivity contribution in [2.45, 2.75) is 90.9 Å². The molecule has 0 N–H and O–H groups in total. The van der Waals surface area contributed by atoms with E-state index in [0.29, 0.717) is 17.8 Å². The van der Waals surface area contributed by atoms with Gasteiger partial charge >= 0.3 is 18.2 Å². The Bertz CT molecular complexity index is 654. The minimum Gasteiger partial charge on any atom is -0.458 e. The van der Waals surface area contributed by atoms with Crippen LogP contribution in [-0.2, 0) is 38.0 Å². The lowest BCUT2D eigenvalue weighted by atomic mass is 10.1. The molecule has 1 fully saturated rings. The summed E-state index contributed by atoms with van der Waals surface area (Å²) in [6, 6.07) is -1.48. The second-order valence-corrected chi connectivity index (χ2v) is 9.48. The maximum absolute atomic E-state index is 13.1. The van der Waals surface area contributed by atoms with E-state index in [1.807, 2.05) is 0 Å². The number of nitrogens with zero attached hydrogens (tertiary/aromatic N) is 1. The van der Waals surface area contributed by atoms with E-state index in [-0.39, 0.29) is 13.2 Å². The first-order chi connectivity index (χ1) is 15.2. The van der Waals surface area contributed by atoms with Crippen molar-refractivity contribution < 1.29 is 47.6 Å². The van der Waals surface area contributed by atoms with E-state index in [4.69, 9.17) is 28.4 Å². The fourth-order valence-electron chi connectivity index (χ4n) is 2.96. The zero-order chi connectivity index (χ0) is 25.4. The van der Waals surface area contributed by atoms with Gasteiger partial charge in [-0.25, -0.2) is 14.4 Å². The van der Waals surface area contributed by atoms with Crippen LogP contribution in [0, 0.1) is 0 Å². The highest BCUT2D eigenvalue weighted by Gasteiger charge is 2.44. The SMILES string of the molecule is CCOC1C(C)OC(=O)C(N(C(=O)OC(C)(C)C)C(=O)OC(C)(C)C)COCC1OCC=O. The average molecular weight is 476 g/mol. The van der Waals surface area contributed by atoms with Gasteiger partial charge in [-0.3, -0.25) is 0 Å². The molecule has 0 aliphatic carbocycles. The third-order valence-electron chi connectivity index (χ3n) is 4.19. The molecule has 11 heteroatoms. The van der Waals surface area contributed by atoms with E-state index in [9.17, 15) is 19.2 Å². The zero-order valence-electron chi connectivity index (χ0n) is 20.7. The lowest BCUT2D eigenvalue weighted by Crippen LogP contribution is -2.54. The zero-order valence-corrected chi connectivity index (χ0v) is 20.7. The molecule has 0 aromatic heterocycles. The second kappa shape index (κ2) is 12.3. The lowest BCUT2D eigenvalue weighted by molar-refractivity contribution is -0.169. The summed E-state index contributed by atoms with van der Waals surface area (Å²) in [6.07, 6.45) is -3.88. The number of amides is 2. The first kappa shape index (κ1) is 28.8. The van der Waals surface area contributed by atoms with Crippen molar-refractivity contribution in [1.82, 2.24) is 4.90 Å². The number of cyclic esters (lactones) is 1. The normalized spacial score (nSPS) is 24.5. The van der Waals surface area contributed by atoms with Gasteiger partial charge in [0.25, 0.3) is 0 Å². The molecular weight excluding hydrogens is 438 g/mol. The predicted octanol–water partition coefficient (Wildman–Crippen LogP) is 2.48. The van der Waals surface area contributed by atoms with Gasteiger partial charge in [0.1, 0.15) is 42.4 Å². The standard InChI is InChI=1S/C22H37NO10/c1-9-29-17-14(2)31-18(25)15(12-28-13-16(17)30-11-10-24)23(19(26)32-21(3,4)5)20(27)33-22(6,7)8/h10,14-17H,9,11-13H2,1-8H3. The summed E-state index contributed by atoms with van der Waals surface area (Å²) >= 11 is 0. The Labute approximate surface area is 194 Å². The second-order valence-electron chi connectivity index (χ2n) is 9.48. The number of ether oxygens (including phenoxy) is 6. The van der Waals surface area contributed by atoms with Crippen LogP contribution in [-0.4, -0.2) is 91.3 Å². The number of carbonyl (C=O) groups excluding carboxylic acids is 4. The predicted molar refractivity (Wildman–Crippen MR) is 116 cm³/mol. The van der Waals surface area contributed by atoms with Crippen LogP contribution in [0.3, 0.4) is 0 Å². The summed E-state index contributed by atoms with van der Waals surface area (Å²) in [5, 5.41) is 0. The molecule has 1 aliphatic rings. The molecule has 1 aliphatic heterocycles. The Morgan fingerprint density at radius 3 is 2.03 bits per heavy atom. The van der Waals surface area contributed by atoms with Crippen molar-refractivity contribution in [3.05, 3.63) is 0 Å². The fraction of sp³-hybridized carbons (Fsp3) is 0.818. The van der Waals surface area contributed by atoms with E-state index in [2.05, 4.69) is 0 Å². The van der Waals surface area contributed by atoms with Crippen LogP contribution in [0.4, 0.5) is 9.59 Å². The maximum atomic E-state index is 13.1. The third-order valence-corrected chi connectivity index (χ3v) is 4.19. The molecule has 4 unspecified atom stereocenters. The molecule has 1 rings (SSSR count). The highest BCUT2D eigenvalue weighted by molar-refractivity contribution is 5.94. The highest BCUT2D eigenvalue weighted by atomic mass is 16.6. The van der Waals surface area contributed by atoms with E-state index in [1.165, 1.54) is 0 Å². The first-order valence-corrected chi connectivity index (χ1v) is 10.9. The quantitative estimate of drug-likeness (QED) is 0.321. The first-order valence-electron chi connectivity index (χ1n) is 10.9. The third kappa shape index (κ3) is 9.65. The molecule has 2 amide bonds. The molecule has 1 heterocycles. The molecular formula is C22H37NO10. The Morgan fingerprint density at radius 1 is 1.03 bits per heavy atom. The molecule has 190 valence electrons. The van der Waals surface area contributed by atoms with Crippen molar-refractivity contribution in [2.75, 3.05) is 26.4 Å².